The molecule has 1 aromatic carbocycles. The van der Waals surface area contributed by atoms with Crippen LogP contribution in [0.3, 0.4) is 0 Å². The van der Waals surface area contributed by atoms with Gasteiger partial charge in [0, 0.05) is 26.4 Å². The van der Waals surface area contributed by atoms with Crippen LogP contribution in [0.1, 0.15) is 21.6 Å². The Morgan fingerprint density at radius 2 is 2.09 bits per heavy atom. The van der Waals surface area contributed by atoms with E-state index in [0.29, 0.717) is 12.1 Å². The summed E-state index contributed by atoms with van der Waals surface area (Å²) in [7, 11) is 3.18. The molecule has 2 aromatic rings. The van der Waals surface area contributed by atoms with Gasteiger partial charge in [0.15, 0.2) is 0 Å². The molecule has 0 saturated carbocycles. The zero-order valence-corrected chi connectivity index (χ0v) is 13.8. The number of aromatic nitrogens is 2. The van der Waals surface area contributed by atoms with Crippen molar-refractivity contribution in [2.75, 3.05) is 27.3 Å². The average molecular weight is 317 g/mol. The molecule has 23 heavy (non-hydrogen) atoms. The highest BCUT2D eigenvalue weighted by Gasteiger charge is 2.20. The summed E-state index contributed by atoms with van der Waals surface area (Å²) in [5.74, 6) is -0.156. The second-order valence-electron chi connectivity index (χ2n) is 5.58. The van der Waals surface area contributed by atoms with E-state index < -0.39 is 6.10 Å². The molecule has 0 bridgehead atoms. The van der Waals surface area contributed by atoms with Crippen molar-refractivity contribution in [2.24, 2.45) is 0 Å². The Labute approximate surface area is 136 Å². The van der Waals surface area contributed by atoms with E-state index in [4.69, 9.17) is 4.74 Å². The third kappa shape index (κ3) is 4.40. The molecule has 6 nitrogen and oxygen atoms in total. The third-order valence-electron chi connectivity index (χ3n) is 3.70. The number of carbonyl (C=O) groups is 1. The van der Waals surface area contributed by atoms with Gasteiger partial charge in [0.1, 0.15) is 0 Å². The number of hydrogen-bond acceptors (Lipinski definition) is 4. The van der Waals surface area contributed by atoms with Crippen molar-refractivity contribution in [1.82, 2.24) is 14.7 Å². The number of methoxy groups -OCH3 is 1. The van der Waals surface area contributed by atoms with Crippen molar-refractivity contribution in [3.05, 3.63) is 53.3 Å². The van der Waals surface area contributed by atoms with Crippen LogP contribution in [-0.4, -0.2) is 59.1 Å². The maximum absolute atomic E-state index is 12.5. The van der Waals surface area contributed by atoms with E-state index in [-0.39, 0.29) is 19.1 Å². The Morgan fingerprint density at radius 1 is 1.39 bits per heavy atom. The van der Waals surface area contributed by atoms with E-state index in [1.165, 1.54) is 12.0 Å². The van der Waals surface area contributed by atoms with E-state index in [2.05, 4.69) is 5.10 Å². The predicted molar refractivity (Wildman–Crippen MR) is 87.4 cm³/mol. The van der Waals surface area contributed by atoms with Gasteiger partial charge in [-0.2, -0.15) is 5.10 Å². The first kappa shape index (κ1) is 17.2. The molecule has 6 heteroatoms. The standard InChI is InChI=1S/C17H23N3O3/c1-13-16(17(22)19(2)11-15(21)12-23-3)9-18-20(13)10-14-7-5-4-6-8-14/h4-9,15,21H,10-12H2,1-3H3. The zero-order valence-electron chi connectivity index (χ0n) is 13.8. The number of aliphatic hydroxyl groups is 1. The number of amides is 1. The predicted octanol–water partition coefficient (Wildman–Crippen LogP) is 1.32. The van der Waals surface area contributed by atoms with Crippen molar-refractivity contribution >= 4 is 5.91 Å². The molecule has 0 aliphatic heterocycles. The summed E-state index contributed by atoms with van der Waals surface area (Å²) in [6, 6.07) is 9.97. The molecule has 1 N–H and O–H groups in total. The van der Waals surface area contributed by atoms with Gasteiger partial charge in [-0.25, -0.2) is 0 Å². The van der Waals surface area contributed by atoms with Crippen LogP contribution in [0.25, 0.3) is 0 Å². The number of rotatable bonds is 7. The maximum Gasteiger partial charge on any atom is 0.257 e. The fraction of sp³-hybridized carbons (Fsp3) is 0.412. The number of nitrogens with zero attached hydrogens (tertiary/aromatic N) is 3. The summed E-state index contributed by atoms with van der Waals surface area (Å²) in [4.78, 5) is 14.0. The van der Waals surface area contributed by atoms with Gasteiger partial charge in [0.25, 0.3) is 5.91 Å². The van der Waals surface area contributed by atoms with E-state index in [9.17, 15) is 9.90 Å². The number of likely N-dealkylation sites (N-methyl/N-ethyl adjacent to an activating group) is 1. The Kier molecular flexibility index (Phi) is 5.90. The minimum absolute atomic E-state index is 0.156. The van der Waals surface area contributed by atoms with E-state index in [1.807, 2.05) is 41.9 Å². The van der Waals surface area contributed by atoms with Crippen molar-refractivity contribution in [3.8, 4) is 0 Å². The lowest BCUT2D eigenvalue weighted by Gasteiger charge is -2.20. The fourth-order valence-corrected chi connectivity index (χ4v) is 2.42. The van der Waals surface area contributed by atoms with Gasteiger partial charge in [-0.3, -0.25) is 9.48 Å². The molecule has 2 rings (SSSR count). The second-order valence-corrected chi connectivity index (χ2v) is 5.58. The Bertz CT molecular complexity index is 640. The van der Waals surface area contributed by atoms with Gasteiger partial charge in [-0.05, 0) is 12.5 Å². The molecular weight excluding hydrogens is 294 g/mol. The SMILES string of the molecule is COCC(O)CN(C)C(=O)c1cnn(Cc2ccccc2)c1C. The van der Waals surface area contributed by atoms with Gasteiger partial charge < -0.3 is 14.7 Å². The molecule has 1 aromatic heterocycles. The first-order valence-electron chi connectivity index (χ1n) is 7.51. The van der Waals surface area contributed by atoms with E-state index in [1.54, 1.807) is 13.2 Å². The molecule has 0 radical (unpaired) electrons. The number of carbonyl (C=O) groups excluding carboxylic acids is 1. The summed E-state index contributed by atoms with van der Waals surface area (Å²) in [6.07, 6.45) is 0.883. The summed E-state index contributed by atoms with van der Waals surface area (Å²) in [5, 5.41) is 14.1. The minimum atomic E-state index is -0.700. The van der Waals surface area contributed by atoms with Gasteiger partial charge in [-0.1, -0.05) is 30.3 Å². The van der Waals surface area contributed by atoms with Gasteiger partial charge in [-0.15, -0.1) is 0 Å². The monoisotopic (exact) mass is 317 g/mol. The zero-order chi connectivity index (χ0) is 16.8. The lowest BCUT2D eigenvalue weighted by atomic mass is 10.2. The number of hydrogen-bond donors (Lipinski definition) is 1. The quantitative estimate of drug-likeness (QED) is 0.836. The van der Waals surface area contributed by atoms with Crippen LogP contribution in [0.4, 0.5) is 0 Å². The largest absolute Gasteiger partial charge is 0.389 e. The lowest BCUT2D eigenvalue weighted by molar-refractivity contribution is 0.0380. The molecule has 0 saturated heterocycles. The van der Waals surface area contributed by atoms with Crippen molar-refractivity contribution in [3.63, 3.8) is 0 Å². The van der Waals surface area contributed by atoms with Gasteiger partial charge in [0.2, 0.25) is 0 Å². The average Bonchev–Trinajstić information content (AvgIpc) is 2.89. The number of aliphatic hydroxyl groups excluding tert-OH is 1. The van der Waals surface area contributed by atoms with Crippen molar-refractivity contribution in [2.45, 2.75) is 19.6 Å². The molecule has 124 valence electrons. The summed E-state index contributed by atoms with van der Waals surface area (Å²) < 4.78 is 6.69. The van der Waals surface area contributed by atoms with Crippen LogP contribution in [0.5, 0.6) is 0 Å². The van der Waals surface area contributed by atoms with E-state index in [0.717, 1.165) is 11.3 Å². The van der Waals surface area contributed by atoms with Gasteiger partial charge >= 0.3 is 0 Å². The summed E-state index contributed by atoms with van der Waals surface area (Å²) >= 11 is 0. The number of benzene rings is 1. The molecule has 0 aliphatic rings. The maximum atomic E-state index is 12.5. The highest BCUT2D eigenvalue weighted by atomic mass is 16.5. The fourth-order valence-electron chi connectivity index (χ4n) is 2.42. The molecule has 0 spiro atoms. The second kappa shape index (κ2) is 7.89. The van der Waals surface area contributed by atoms with Crippen molar-refractivity contribution < 1.29 is 14.6 Å². The highest BCUT2D eigenvalue weighted by molar-refractivity contribution is 5.94. The van der Waals surface area contributed by atoms with Crippen LogP contribution in [-0.2, 0) is 11.3 Å². The Morgan fingerprint density at radius 3 is 2.74 bits per heavy atom. The van der Waals surface area contributed by atoms with E-state index >= 15 is 0 Å². The van der Waals surface area contributed by atoms with Crippen LogP contribution in [0.15, 0.2) is 36.5 Å². The number of ether oxygens (including phenoxy) is 1. The topological polar surface area (TPSA) is 67.6 Å². The van der Waals surface area contributed by atoms with Crippen LogP contribution in [0, 0.1) is 6.92 Å². The molecule has 0 aliphatic carbocycles. The molecule has 1 amide bonds. The smallest absolute Gasteiger partial charge is 0.257 e. The van der Waals surface area contributed by atoms with Crippen molar-refractivity contribution in [1.29, 1.82) is 0 Å². The normalized spacial score (nSPS) is 12.2. The Balaban J connectivity index is 2.07. The molecule has 1 atom stereocenters. The van der Waals surface area contributed by atoms with Crippen LogP contribution in [0.2, 0.25) is 0 Å². The highest BCUT2D eigenvalue weighted by Crippen LogP contribution is 2.12. The molecule has 0 fully saturated rings. The third-order valence-corrected chi connectivity index (χ3v) is 3.70. The van der Waals surface area contributed by atoms with Crippen LogP contribution < -0.4 is 0 Å². The lowest BCUT2D eigenvalue weighted by Crippen LogP contribution is -2.36. The van der Waals surface area contributed by atoms with Gasteiger partial charge in [0.05, 0.1) is 31.0 Å². The first-order chi connectivity index (χ1) is 11.0. The molecule has 1 heterocycles. The summed E-state index contributed by atoms with van der Waals surface area (Å²) in [5.41, 5.74) is 2.49. The van der Waals surface area contributed by atoms with Crippen LogP contribution >= 0.6 is 0 Å². The molecule has 1 unspecified atom stereocenters. The Hall–Kier alpha value is -2.18. The summed E-state index contributed by atoms with van der Waals surface area (Å²) in [6.45, 7) is 2.92. The first-order valence-corrected chi connectivity index (χ1v) is 7.51. The minimum Gasteiger partial charge on any atom is -0.389 e. The molecular formula is C17H23N3O3.